The Labute approximate surface area is 121 Å². The van der Waals surface area contributed by atoms with E-state index in [9.17, 15) is 14.7 Å². The van der Waals surface area contributed by atoms with E-state index in [-0.39, 0.29) is 17.0 Å². The first-order chi connectivity index (χ1) is 9.88. The number of aromatic hydroxyl groups is 1. The summed E-state index contributed by atoms with van der Waals surface area (Å²) in [5.41, 5.74) is 2.00. The summed E-state index contributed by atoms with van der Waals surface area (Å²) >= 11 is 0. The summed E-state index contributed by atoms with van der Waals surface area (Å²) < 4.78 is 0. The van der Waals surface area contributed by atoms with Gasteiger partial charge >= 0.3 is 5.97 Å². The van der Waals surface area contributed by atoms with E-state index in [0.717, 1.165) is 5.56 Å². The third-order valence-corrected chi connectivity index (χ3v) is 3.11. The Bertz CT molecular complexity index is 722. The summed E-state index contributed by atoms with van der Waals surface area (Å²) in [5.74, 6) is -1.42. The number of carbonyl (C=O) groups excluding carboxylic acids is 1. The normalized spacial score (nSPS) is 10.2. The topological polar surface area (TPSA) is 86.6 Å². The first-order valence-electron chi connectivity index (χ1n) is 6.33. The highest BCUT2D eigenvalue weighted by atomic mass is 16.4. The van der Waals surface area contributed by atoms with Gasteiger partial charge in [0.2, 0.25) is 0 Å². The van der Waals surface area contributed by atoms with Crippen LogP contribution in [0.15, 0.2) is 36.4 Å². The van der Waals surface area contributed by atoms with Crippen molar-refractivity contribution in [3.05, 3.63) is 58.7 Å². The quantitative estimate of drug-likeness (QED) is 0.809. The highest BCUT2D eigenvalue weighted by Gasteiger charge is 2.14. The molecule has 0 atom stereocenters. The summed E-state index contributed by atoms with van der Waals surface area (Å²) in [7, 11) is 0. The van der Waals surface area contributed by atoms with Gasteiger partial charge in [-0.15, -0.1) is 0 Å². The molecule has 0 aliphatic heterocycles. The number of amides is 1. The SMILES string of the molecule is Cc1ccc(NC(=O)c2ccc(O)c(C)c2)c(C(=O)O)c1. The van der Waals surface area contributed by atoms with Gasteiger partial charge in [0.25, 0.3) is 5.91 Å². The van der Waals surface area contributed by atoms with Crippen molar-refractivity contribution in [2.45, 2.75) is 13.8 Å². The molecule has 0 saturated carbocycles. The number of nitrogens with one attached hydrogen (secondary N) is 1. The molecule has 0 spiro atoms. The number of hydrogen-bond donors (Lipinski definition) is 3. The van der Waals surface area contributed by atoms with Gasteiger partial charge in [-0.25, -0.2) is 4.79 Å². The van der Waals surface area contributed by atoms with Gasteiger partial charge in [-0.05, 0) is 49.7 Å². The zero-order chi connectivity index (χ0) is 15.6. The number of phenolic OH excluding ortho intramolecular Hbond substituents is 1. The number of rotatable bonds is 3. The van der Waals surface area contributed by atoms with Crippen LogP contribution in [0.4, 0.5) is 5.69 Å². The van der Waals surface area contributed by atoms with Gasteiger partial charge in [-0.1, -0.05) is 11.6 Å². The fourth-order valence-electron chi connectivity index (χ4n) is 1.94. The van der Waals surface area contributed by atoms with Crippen LogP contribution >= 0.6 is 0 Å². The fraction of sp³-hybridized carbons (Fsp3) is 0.125. The van der Waals surface area contributed by atoms with Crippen LogP contribution in [0.25, 0.3) is 0 Å². The Hall–Kier alpha value is -2.82. The van der Waals surface area contributed by atoms with Crippen LogP contribution in [0.1, 0.15) is 31.8 Å². The number of aromatic carboxylic acids is 1. The maximum absolute atomic E-state index is 12.2. The van der Waals surface area contributed by atoms with Crippen molar-refractivity contribution in [1.29, 1.82) is 0 Å². The summed E-state index contributed by atoms with van der Waals surface area (Å²) in [6, 6.07) is 9.23. The molecule has 0 fully saturated rings. The van der Waals surface area contributed by atoms with Crippen molar-refractivity contribution >= 4 is 17.6 Å². The Morgan fingerprint density at radius 3 is 2.38 bits per heavy atom. The molecule has 2 aromatic carbocycles. The van der Waals surface area contributed by atoms with Crippen molar-refractivity contribution in [2.24, 2.45) is 0 Å². The summed E-state index contributed by atoms with van der Waals surface area (Å²) in [4.78, 5) is 23.4. The van der Waals surface area contributed by atoms with Gasteiger partial charge in [0.1, 0.15) is 5.75 Å². The molecule has 2 aromatic rings. The zero-order valence-corrected chi connectivity index (χ0v) is 11.7. The molecule has 0 aliphatic carbocycles. The third-order valence-electron chi connectivity index (χ3n) is 3.11. The summed E-state index contributed by atoms with van der Waals surface area (Å²) in [5, 5.41) is 21.2. The molecule has 21 heavy (non-hydrogen) atoms. The molecule has 108 valence electrons. The number of phenols is 1. The molecule has 0 unspecified atom stereocenters. The maximum atomic E-state index is 12.2. The average Bonchev–Trinajstić information content (AvgIpc) is 2.43. The standard InChI is InChI=1S/C16H15NO4/c1-9-3-5-13(12(7-9)16(20)21)17-15(19)11-4-6-14(18)10(2)8-11/h3-8,18H,1-2H3,(H,17,19)(H,20,21). The van der Waals surface area contributed by atoms with E-state index in [2.05, 4.69) is 5.32 Å². The van der Waals surface area contributed by atoms with Crippen LogP contribution in [0.5, 0.6) is 5.75 Å². The van der Waals surface area contributed by atoms with Crippen LogP contribution in [0, 0.1) is 13.8 Å². The maximum Gasteiger partial charge on any atom is 0.337 e. The van der Waals surface area contributed by atoms with E-state index >= 15 is 0 Å². The van der Waals surface area contributed by atoms with Crippen LogP contribution in [0.3, 0.4) is 0 Å². The van der Waals surface area contributed by atoms with Crippen LogP contribution in [0.2, 0.25) is 0 Å². The number of carbonyl (C=O) groups is 2. The van der Waals surface area contributed by atoms with Crippen molar-refractivity contribution in [2.75, 3.05) is 5.32 Å². The predicted molar refractivity (Wildman–Crippen MR) is 78.9 cm³/mol. The van der Waals surface area contributed by atoms with Crippen LogP contribution in [-0.4, -0.2) is 22.1 Å². The zero-order valence-electron chi connectivity index (χ0n) is 11.7. The average molecular weight is 285 g/mol. The van der Waals surface area contributed by atoms with Gasteiger partial charge in [0.15, 0.2) is 0 Å². The number of carboxylic acids is 1. The largest absolute Gasteiger partial charge is 0.508 e. The molecule has 0 saturated heterocycles. The molecule has 2 rings (SSSR count). The Balaban J connectivity index is 2.31. The Morgan fingerprint density at radius 2 is 1.76 bits per heavy atom. The number of carboxylic acid groups (broad SMARTS) is 1. The summed E-state index contributed by atoms with van der Waals surface area (Å²) in [6.07, 6.45) is 0. The molecule has 0 bridgehead atoms. The Morgan fingerprint density at radius 1 is 1.05 bits per heavy atom. The lowest BCUT2D eigenvalue weighted by Gasteiger charge is -2.10. The van der Waals surface area contributed by atoms with E-state index in [1.54, 1.807) is 32.0 Å². The number of hydrogen-bond acceptors (Lipinski definition) is 3. The number of aryl methyl sites for hydroxylation is 2. The molecule has 3 N–H and O–H groups in total. The molecular formula is C16H15NO4. The molecular weight excluding hydrogens is 270 g/mol. The van der Waals surface area contributed by atoms with Crippen molar-refractivity contribution in [3.63, 3.8) is 0 Å². The van der Waals surface area contributed by atoms with Gasteiger partial charge in [-0.2, -0.15) is 0 Å². The van der Waals surface area contributed by atoms with E-state index in [1.165, 1.54) is 18.2 Å². The second kappa shape index (κ2) is 5.66. The van der Waals surface area contributed by atoms with Crippen LogP contribution < -0.4 is 5.32 Å². The number of benzene rings is 2. The summed E-state index contributed by atoms with van der Waals surface area (Å²) in [6.45, 7) is 3.46. The molecule has 5 nitrogen and oxygen atoms in total. The molecule has 1 amide bonds. The third kappa shape index (κ3) is 3.20. The molecule has 5 heteroatoms. The highest BCUT2D eigenvalue weighted by molar-refractivity contribution is 6.07. The minimum atomic E-state index is -1.10. The fourth-order valence-corrected chi connectivity index (χ4v) is 1.94. The first kappa shape index (κ1) is 14.6. The second-order valence-corrected chi connectivity index (χ2v) is 4.81. The molecule has 0 aromatic heterocycles. The lowest BCUT2D eigenvalue weighted by Crippen LogP contribution is -2.15. The lowest BCUT2D eigenvalue weighted by molar-refractivity contribution is 0.0698. The smallest absolute Gasteiger partial charge is 0.337 e. The van der Waals surface area contributed by atoms with Crippen LogP contribution in [-0.2, 0) is 0 Å². The van der Waals surface area contributed by atoms with E-state index < -0.39 is 11.9 Å². The molecule has 0 radical (unpaired) electrons. The molecule has 0 heterocycles. The van der Waals surface area contributed by atoms with E-state index in [1.807, 2.05) is 0 Å². The van der Waals surface area contributed by atoms with Gasteiger partial charge in [0, 0.05) is 5.56 Å². The van der Waals surface area contributed by atoms with E-state index in [0.29, 0.717) is 11.1 Å². The van der Waals surface area contributed by atoms with E-state index in [4.69, 9.17) is 5.11 Å². The first-order valence-corrected chi connectivity index (χ1v) is 6.33. The van der Waals surface area contributed by atoms with Gasteiger partial charge in [0.05, 0.1) is 11.3 Å². The highest BCUT2D eigenvalue weighted by Crippen LogP contribution is 2.21. The minimum absolute atomic E-state index is 0.0406. The second-order valence-electron chi connectivity index (χ2n) is 4.81. The van der Waals surface area contributed by atoms with Gasteiger partial charge < -0.3 is 15.5 Å². The van der Waals surface area contributed by atoms with Crippen molar-refractivity contribution < 1.29 is 19.8 Å². The minimum Gasteiger partial charge on any atom is -0.508 e. The van der Waals surface area contributed by atoms with Gasteiger partial charge in [-0.3, -0.25) is 4.79 Å². The Kier molecular flexibility index (Phi) is 3.93. The molecule has 0 aliphatic rings. The van der Waals surface area contributed by atoms with Crippen molar-refractivity contribution in [3.8, 4) is 5.75 Å². The van der Waals surface area contributed by atoms with Crippen molar-refractivity contribution in [1.82, 2.24) is 0 Å². The number of anilines is 1. The lowest BCUT2D eigenvalue weighted by atomic mass is 10.1. The predicted octanol–water partition coefficient (Wildman–Crippen LogP) is 2.96. The monoisotopic (exact) mass is 285 g/mol.